The fourth-order valence-electron chi connectivity index (χ4n) is 2.88. The zero-order chi connectivity index (χ0) is 19.2. The van der Waals surface area contributed by atoms with Crippen molar-refractivity contribution >= 4 is 17.0 Å². The molecule has 3 rings (SSSR count). The van der Waals surface area contributed by atoms with E-state index in [0.29, 0.717) is 42.9 Å². The Hall–Kier alpha value is -2.80. The van der Waals surface area contributed by atoms with Gasteiger partial charge in [0.05, 0.1) is 12.3 Å². The van der Waals surface area contributed by atoms with Crippen molar-refractivity contribution in [2.75, 3.05) is 13.2 Å². The summed E-state index contributed by atoms with van der Waals surface area (Å²) in [7, 11) is 0. The molecule has 7 heteroatoms. The van der Waals surface area contributed by atoms with Crippen LogP contribution in [0.15, 0.2) is 45.4 Å². The molecule has 0 spiro atoms. The van der Waals surface area contributed by atoms with Crippen molar-refractivity contribution in [3.63, 3.8) is 0 Å². The van der Waals surface area contributed by atoms with Gasteiger partial charge in [0, 0.05) is 24.1 Å². The Morgan fingerprint density at radius 1 is 1.33 bits per heavy atom. The number of hydrogen-bond acceptors (Lipinski definition) is 4. The van der Waals surface area contributed by atoms with Crippen LogP contribution in [0.1, 0.15) is 36.5 Å². The second-order valence-corrected chi connectivity index (χ2v) is 6.34. The molecule has 3 aromatic rings. The average Bonchev–Trinajstić information content (AvgIpc) is 3.26. The van der Waals surface area contributed by atoms with E-state index < -0.39 is 0 Å². The maximum absolute atomic E-state index is 13.4. The van der Waals surface area contributed by atoms with Gasteiger partial charge in [-0.15, -0.1) is 0 Å². The van der Waals surface area contributed by atoms with Gasteiger partial charge in [0.25, 0.3) is 0 Å². The lowest BCUT2D eigenvalue weighted by Gasteiger charge is -2.13. The summed E-state index contributed by atoms with van der Waals surface area (Å²) in [6.07, 6.45) is 2.29. The molecule has 0 radical (unpaired) electrons. The summed E-state index contributed by atoms with van der Waals surface area (Å²) in [5.74, 6) is 1.08. The van der Waals surface area contributed by atoms with Crippen LogP contribution in [-0.4, -0.2) is 19.2 Å². The van der Waals surface area contributed by atoms with Gasteiger partial charge in [-0.25, -0.2) is 9.18 Å². The smallest absolute Gasteiger partial charge is 0.315 e. The summed E-state index contributed by atoms with van der Waals surface area (Å²) in [5, 5.41) is 6.33. The summed E-state index contributed by atoms with van der Waals surface area (Å²) in [5.41, 5.74) is 1.43. The highest BCUT2D eigenvalue weighted by Gasteiger charge is 2.18. The zero-order valence-electron chi connectivity index (χ0n) is 15.4. The van der Waals surface area contributed by atoms with E-state index in [-0.39, 0.29) is 17.9 Å². The Labute approximate surface area is 156 Å². The Morgan fingerprint density at radius 2 is 2.19 bits per heavy atom. The number of ether oxygens (including phenoxy) is 1. The molecule has 1 unspecified atom stereocenters. The standard InChI is InChI=1S/C20H23FN2O4/c1-13-17-11-15(21)6-7-18(17)27-19(13)14(2)23-20(24)22-8-4-9-25-12-16-5-3-10-26-16/h3,5-7,10-11,14H,4,8-9,12H2,1-2H3,(H2,22,23,24). The summed E-state index contributed by atoms with van der Waals surface area (Å²) in [6.45, 7) is 5.11. The Balaban J connectivity index is 1.42. The number of carbonyl (C=O) groups excluding carboxylic acids is 1. The first-order valence-electron chi connectivity index (χ1n) is 8.87. The lowest BCUT2D eigenvalue weighted by Crippen LogP contribution is -2.37. The molecule has 2 N–H and O–H groups in total. The van der Waals surface area contributed by atoms with E-state index in [1.807, 2.05) is 26.0 Å². The second-order valence-electron chi connectivity index (χ2n) is 6.34. The molecule has 0 saturated heterocycles. The van der Waals surface area contributed by atoms with Crippen molar-refractivity contribution in [1.29, 1.82) is 0 Å². The third-order valence-electron chi connectivity index (χ3n) is 4.25. The Bertz CT molecular complexity index is 889. The van der Waals surface area contributed by atoms with Crippen LogP contribution in [0.3, 0.4) is 0 Å². The molecule has 1 atom stereocenters. The second kappa shape index (κ2) is 8.73. The fraction of sp³-hybridized carbons (Fsp3) is 0.350. The van der Waals surface area contributed by atoms with Crippen LogP contribution in [0.2, 0.25) is 0 Å². The van der Waals surface area contributed by atoms with E-state index >= 15 is 0 Å². The van der Waals surface area contributed by atoms with E-state index in [0.717, 1.165) is 11.3 Å². The molecule has 0 aliphatic heterocycles. The van der Waals surface area contributed by atoms with Crippen LogP contribution in [0.5, 0.6) is 0 Å². The lowest BCUT2D eigenvalue weighted by molar-refractivity contribution is 0.104. The maximum Gasteiger partial charge on any atom is 0.315 e. The lowest BCUT2D eigenvalue weighted by atomic mass is 10.1. The van der Waals surface area contributed by atoms with Crippen molar-refractivity contribution in [2.24, 2.45) is 0 Å². The molecule has 2 heterocycles. The molecule has 0 fully saturated rings. The van der Waals surface area contributed by atoms with Gasteiger partial charge >= 0.3 is 6.03 Å². The van der Waals surface area contributed by atoms with E-state index in [1.165, 1.54) is 12.1 Å². The normalized spacial score (nSPS) is 12.3. The number of urea groups is 1. The first kappa shape index (κ1) is 19.0. The predicted octanol–water partition coefficient (Wildman–Crippen LogP) is 4.44. The molecule has 27 heavy (non-hydrogen) atoms. The summed E-state index contributed by atoms with van der Waals surface area (Å²) < 4.78 is 29.8. The molecule has 0 aliphatic rings. The monoisotopic (exact) mass is 374 g/mol. The van der Waals surface area contributed by atoms with Gasteiger partial charge in [-0.3, -0.25) is 0 Å². The molecule has 144 valence electrons. The van der Waals surface area contributed by atoms with Crippen molar-refractivity contribution in [3.05, 3.63) is 59.5 Å². The molecular formula is C20H23FN2O4. The fourth-order valence-corrected chi connectivity index (χ4v) is 2.88. The molecule has 0 saturated carbocycles. The zero-order valence-corrected chi connectivity index (χ0v) is 15.4. The number of hydrogen-bond donors (Lipinski definition) is 2. The van der Waals surface area contributed by atoms with Crippen molar-refractivity contribution < 1.29 is 22.8 Å². The third-order valence-corrected chi connectivity index (χ3v) is 4.25. The number of fused-ring (bicyclic) bond motifs is 1. The van der Waals surface area contributed by atoms with E-state index in [2.05, 4.69) is 10.6 Å². The van der Waals surface area contributed by atoms with E-state index in [4.69, 9.17) is 13.6 Å². The highest BCUT2D eigenvalue weighted by atomic mass is 19.1. The van der Waals surface area contributed by atoms with Crippen LogP contribution in [0.25, 0.3) is 11.0 Å². The van der Waals surface area contributed by atoms with Crippen molar-refractivity contribution in [3.8, 4) is 0 Å². The number of nitrogens with one attached hydrogen (secondary N) is 2. The molecule has 0 bridgehead atoms. The van der Waals surface area contributed by atoms with Gasteiger partial charge < -0.3 is 24.2 Å². The highest BCUT2D eigenvalue weighted by Crippen LogP contribution is 2.29. The first-order valence-corrected chi connectivity index (χ1v) is 8.87. The Morgan fingerprint density at radius 3 is 2.96 bits per heavy atom. The Kier molecular flexibility index (Phi) is 6.13. The van der Waals surface area contributed by atoms with Gasteiger partial charge in [0.15, 0.2) is 0 Å². The minimum atomic E-state index is -0.337. The average molecular weight is 374 g/mol. The number of rotatable bonds is 8. The van der Waals surface area contributed by atoms with Crippen molar-refractivity contribution in [1.82, 2.24) is 10.6 Å². The summed E-state index contributed by atoms with van der Waals surface area (Å²) >= 11 is 0. The van der Waals surface area contributed by atoms with Crippen LogP contribution in [-0.2, 0) is 11.3 Å². The minimum absolute atomic E-state index is 0.292. The molecule has 6 nitrogen and oxygen atoms in total. The van der Waals surface area contributed by atoms with Gasteiger partial charge in [0.1, 0.15) is 29.5 Å². The van der Waals surface area contributed by atoms with E-state index in [9.17, 15) is 9.18 Å². The number of carbonyl (C=O) groups is 1. The summed E-state index contributed by atoms with van der Waals surface area (Å²) in [4.78, 5) is 12.0. The van der Waals surface area contributed by atoms with Crippen molar-refractivity contribution in [2.45, 2.75) is 32.9 Å². The topological polar surface area (TPSA) is 76.6 Å². The number of amides is 2. The minimum Gasteiger partial charge on any atom is -0.467 e. The third kappa shape index (κ3) is 4.89. The predicted molar refractivity (Wildman–Crippen MR) is 98.8 cm³/mol. The SMILES string of the molecule is Cc1c(C(C)NC(=O)NCCCOCc2ccco2)oc2ccc(F)cc12. The number of furan rings is 2. The van der Waals surface area contributed by atoms with Crippen LogP contribution in [0.4, 0.5) is 9.18 Å². The highest BCUT2D eigenvalue weighted by molar-refractivity contribution is 5.82. The van der Waals surface area contributed by atoms with Gasteiger partial charge in [-0.1, -0.05) is 0 Å². The maximum atomic E-state index is 13.4. The largest absolute Gasteiger partial charge is 0.467 e. The number of halogens is 1. The van der Waals surface area contributed by atoms with Crippen LogP contribution < -0.4 is 10.6 Å². The van der Waals surface area contributed by atoms with Gasteiger partial charge in [0.2, 0.25) is 0 Å². The molecule has 0 aliphatic carbocycles. The first-order chi connectivity index (χ1) is 13.0. The van der Waals surface area contributed by atoms with Gasteiger partial charge in [-0.2, -0.15) is 0 Å². The summed E-state index contributed by atoms with van der Waals surface area (Å²) in [6, 6.07) is 7.42. The molecular weight excluding hydrogens is 351 g/mol. The number of benzene rings is 1. The van der Waals surface area contributed by atoms with Crippen LogP contribution >= 0.6 is 0 Å². The molecule has 2 aromatic heterocycles. The van der Waals surface area contributed by atoms with Gasteiger partial charge in [-0.05, 0) is 50.6 Å². The quantitative estimate of drug-likeness (QED) is 0.572. The van der Waals surface area contributed by atoms with E-state index in [1.54, 1.807) is 12.3 Å². The molecule has 2 amide bonds. The molecule has 1 aromatic carbocycles. The van der Waals surface area contributed by atoms with Crippen LogP contribution in [0, 0.1) is 12.7 Å². The number of aryl methyl sites for hydroxylation is 1.